The molecule has 0 saturated heterocycles. The first kappa shape index (κ1) is 17.8. The first-order chi connectivity index (χ1) is 13.8. The number of hydrogen-bond donors (Lipinski definition) is 4. The van der Waals surface area contributed by atoms with Crippen molar-refractivity contribution in [2.45, 2.75) is 5.60 Å². The fourth-order valence-corrected chi connectivity index (χ4v) is 4.27. The lowest BCUT2D eigenvalue weighted by atomic mass is 9.77. The van der Waals surface area contributed by atoms with Crippen LogP contribution in [0.5, 0.6) is 34.5 Å². The van der Waals surface area contributed by atoms with E-state index in [0.29, 0.717) is 5.56 Å². The summed E-state index contributed by atoms with van der Waals surface area (Å²) in [6, 6.07) is 9.17. The van der Waals surface area contributed by atoms with Crippen molar-refractivity contribution >= 4 is 29.2 Å². The molecular formula is C20H10Cl2O7. The van der Waals surface area contributed by atoms with Crippen LogP contribution in [0.4, 0.5) is 0 Å². The second-order valence-electron chi connectivity index (χ2n) is 6.56. The average molecular weight is 433 g/mol. The lowest BCUT2D eigenvalue weighted by Crippen LogP contribution is -2.33. The number of rotatable bonds is 0. The molecule has 0 aliphatic carbocycles. The van der Waals surface area contributed by atoms with E-state index in [1.807, 2.05) is 0 Å². The number of halogens is 2. The fourth-order valence-electron chi connectivity index (χ4n) is 3.84. The Labute approximate surface area is 172 Å². The smallest absolute Gasteiger partial charge is 0.340 e. The van der Waals surface area contributed by atoms with E-state index in [-0.39, 0.29) is 39.0 Å². The quantitative estimate of drug-likeness (QED) is 0.307. The SMILES string of the molecule is O=C1OC2(c3ccccc31)c1ccc(O)c(Cl)c1Oc1c(Cl)c(O)c(O)c(O)c12. The van der Waals surface area contributed by atoms with E-state index in [0.717, 1.165) is 0 Å². The minimum Gasteiger partial charge on any atom is -0.506 e. The topological polar surface area (TPSA) is 116 Å². The zero-order valence-corrected chi connectivity index (χ0v) is 15.7. The molecule has 2 heterocycles. The molecule has 1 atom stereocenters. The molecule has 5 rings (SSSR count). The maximum Gasteiger partial charge on any atom is 0.340 e. The maximum atomic E-state index is 12.7. The molecule has 0 aromatic heterocycles. The third-order valence-corrected chi connectivity index (χ3v) is 5.82. The van der Waals surface area contributed by atoms with Gasteiger partial charge in [0.25, 0.3) is 0 Å². The van der Waals surface area contributed by atoms with Gasteiger partial charge in [-0.1, -0.05) is 41.4 Å². The number of carbonyl (C=O) groups is 1. The van der Waals surface area contributed by atoms with Crippen molar-refractivity contribution in [3.05, 3.63) is 68.7 Å². The number of esters is 1. The van der Waals surface area contributed by atoms with Crippen LogP contribution in [0.2, 0.25) is 10.0 Å². The summed E-state index contributed by atoms with van der Waals surface area (Å²) in [6.07, 6.45) is 0. The highest BCUT2D eigenvalue weighted by Crippen LogP contribution is 2.65. The molecule has 7 nitrogen and oxygen atoms in total. The molecule has 2 aliphatic heterocycles. The van der Waals surface area contributed by atoms with Crippen molar-refractivity contribution in [2.24, 2.45) is 0 Å². The molecule has 3 aromatic rings. The Balaban J connectivity index is 2.01. The van der Waals surface area contributed by atoms with Crippen LogP contribution in [0.1, 0.15) is 27.0 Å². The monoisotopic (exact) mass is 432 g/mol. The molecule has 2 aliphatic rings. The molecule has 0 fully saturated rings. The zero-order valence-electron chi connectivity index (χ0n) is 14.2. The summed E-state index contributed by atoms with van der Waals surface area (Å²) >= 11 is 12.4. The highest BCUT2D eigenvalue weighted by Gasteiger charge is 2.57. The Morgan fingerprint density at radius 3 is 2.28 bits per heavy atom. The number of phenols is 4. The van der Waals surface area contributed by atoms with Crippen LogP contribution in [-0.4, -0.2) is 26.4 Å². The zero-order chi connectivity index (χ0) is 20.7. The van der Waals surface area contributed by atoms with Crippen molar-refractivity contribution in [2.75, 3.05) is 0 Å². The van der Waals surface area contributed by atoms with Gasteiger partial charge >= 0.3 is 5.97 Å². The van der Waals surface area contributed by atoms with Gasteiger partial charge in [-0.2, -0.15) is 0 Å². The van der Waals surface area contributed by atoms with Crippen LogP contribution in [0.15, 0.2) is 36.4 Å². The Hall–Kier alpha value is -3.29. The summed E-state index contributed by atoms with van der Waals surface area (Å²) in [7, 11) is 0. The average Bonchev–Trinajstić information content (AvgIpc) is 3.01. The Bertz CT molecular complexity index is 1250. The van der Waals surface area contributed by atoms with Crippen molar-refractivity contribution < 1.29 is 34.7 Å². The Morgan fingerprint density at radius 1 is 0.793 bits per heavy atom. The normalized spacial score (nSPS) is 18.6. The molecule has 1 spiro atoms. The van der Waals surface area contributed by atoms with Crippen LogP contribution >= 0.6 is 23.2 Å². The number of hydrogen-bond acceptors (Lipinski definition) is 7. The summed E-state index contributed by atoms with van der Waals surface area (Å²) in [5, 5.41) is 40.4. The Kier molecular flexibility index (Phi) is 3.45. The fraction of sp³-hybridized carbons (Fsp3) is 0.0500. The van der Waals surface area contributed by atoms with Gasteiger partial charge in [0, 0.05) is 11.1 Å². The summed E-state index contributed by atoms with van der Waals surface area (Å²) in [4.78, 5) is 12.7. The molecular weight excluding hydrogens is 423 g/mol. The summed E-state index contributed by atoms with van der Waals surface area (Å²) < 4.78 is 11.5. The van der Waals surface area contributed by atoms with Crippen LogP contribution in [0, 0.1) is 0 Å². The lowest BCUT2D eigenvalue weighted by Gasteiger charge is -2.37. The van der Waals surface area contributed by atoms with Crippen molar-refractivity contribution in [3.8, 4) is 34.5 Å². The number of phenolic OH excluding ortho intramolecular Hbond substituents is 4. The van der Waals surface area contributed by atoms with E-state index in [9.17, 15) is 25.2 Å². The highest BCUT2D eigenvalue weighted by atomic mass is 35.5. The molecule has 29 heavy (non-hydrogen) atoms. The molecule has 0 radical (unpaired) electrons. The third kappa shape index (κ3) is 2.01. The molecule has 3 aromatic carbocycles. The van der Waals surface area contributed by atoms with E-state index in [1.54, 1.807) is 24.3 Å². The molecule has 0 saturated carbocycles. The van der Waals surface area contributed by atoms with Gasteiger partial charge in [-0.25, -0.2) is 4.79 Å². The lowest BCUT2D eigenvalue weighted by molar-refractivity contribution is 0.0216. The van der Waals surface area contributed by atoms with E-state index in [4.69, 9.17) is 32.7 Å². The third-order valence-electron chi connectivity index (χ3n) is 5.10. The summed E-state index contributed by atoms with van der Waals surface area (Å²) in [6.45, 7) is 0. The van der Waals surface area contributed by atoms with Crippen molar-refractivity contribution in [3.63, 3.8) is 0 Å². The second kappa shape index (κ2) is 5.62. The molecule has 4 N–H and O–H groups in total. The van der Waals surface area contributed by atoms with Crippen molar-refractivity contribution in [1.29, 1.82) is 0 Å². The largest absolute Gasteiger partial charge is 0.506 e. The van der Waals surface area contributed by atoms with Gasteiger partial charge in [0.1, 0.15) is 15.8 Å². The van der Waals surface area contributed by atoms with Gasteiger partial charge in [-0.3, -0.25) is 0 Å². The van der Waals surface area contributed by atoms with E-state index < -0.39 is 33.8 Å². The minimum absolute atomic E-state index is 0.0740. The molecule has 0 bridgehead atoms. The van der Waals surface area contributed by atoms with Crippen LogP contribution in [-0.2, 0) is 10.3 Å². The van der Waals surface area contributed by atoms with Crippen LogP contribution < -0.4 is 4.74 Å². The molecule has 9 heteroatoms. The van der Waals surface area contributed by atoms with E-state index in [1.165, 1.54) is 12.1 Å². The number of fused-ring (bicyclic) bond motifs is 6. The van der Waals surface area contributed by atoms with Gasteiger partial charge in [0.2, 0.25) is 5.75 Å². The van der Waals surface area contributed by atoms with Crippen LogP contribution in [0.3, 0.4) is 0 Å². The van der Waals surface area contributed by atoms with Crippen molar-refractivity contribution in [1.82, 2.24) is 0 Å². The van der Waals surface area contributed by atoms with Gasteiger partial charge in [0.05, 0.1) is 11.1 Å². The first-order valence-electron chi connectivity index (χ1n) is 8.28. The number of carbonyl (C=O) groups excluding carboxylic acids is 1. The number of ether oxygens (including phenoxy) is 2. The number of aromatic hydroxyl groups is 4. The second-order valence-corrected chi connectivity index (χ2v) is 7.31. The van der Waals surface area contributed by atoms with Gasteiger partial charge in [-0.05, 0) is 18.2 Å². The van der Waals surface area contributed by atoms with Gasteiger partial charge in [0.15, 0.2) is 28.6 Å². The molecule has 1 unspecified atom stereocenters. The minimum atomic E-state index is -1.78. The van der Waals surface area contributed by atoms with E-state index >= 15 is 0 Å². The molecule has 0 amide bonds. The first-order valence-corrected chi connectivity index (χ1v) is 9.04. The van der Waals surface area contributed by atoms with E-state index in [2.05, 4.69) is 0 Å². The van der Waals surface area contributed by atoms with Gasteiger partial charge < -0.3 is 29.9 Å². The maximum absolute atomic E-state index is 12.7. The van der Waals surface area contributed by atoms with Crippen LogP contribution in [0.25, 0.3) is 0 Å². The summed E-state index contributed by atoms with van der Waals surface area (Å²) in [5.41, 5.74) is -1.20. The predicted octanol–water partition coefficient (Wildman–Crippen LogP) is 4.38. The highest BCUT2D eigenvalue weighted by molar-refractivity contribution is 6.35. The standard InChI is InChI=1S/C20H10Cl2O7/c21-12-10(23)6-5-9-17(12)28-18-11(14(24)16(26)15(25)13(18)22)20(9)8-4-2-1-3-7(8)19(27)29-20/h1-6,23-26H. The Morgan fingerprint density at radius 2 is 1.52 bits per heavy atom. The van der Waals surface area contributed by atoms with Gasteiger partial charge in [-0.15, -0.1) is 0 Å². The molecule has 146 valence electrons. The summed E-state index contributed by atoms with van der Waals surface area (Å²) in [5.74, 6) is -3.84. The number of benzene rings is 3. The predicted molar refractivity (Wildman–Crippen MR) is 101 cm³/mol.